The van der Waals surface area contributed by atoms with Gasteiger partial charge in [-0.15, -0.1) is 11.3 Å². The number of fused-ring (bicyclic) bond motifs is 1. The summed E-state index contributed by atoms with van der Waals surface area (Å²) in [5.41, 5.74) is 4.47. The van der Waals surface area contributed by atoms with Crippen molar-refractivity contribution in [3.63, 3.8) is 0 Å². The van der Waals surface area contributed by atoms with Crippen molar-refractivity contribution in [3.05, 3.63) is 58.4 Å². The number of hydrogen-bond acceptors (Lipinski definition) is 7. The molecule has 2 aromatic heterocycles. The van der Waals surface area contributed by atoms with Crippen molar-refractivity contribution in [1.29, 1.82) is 5.26 Å². The van der Waals surface area contributed by atoms with E-state index in [-0.39, 0.29) is 6.79 Å². The molecular formula is C22H16N4O3S. The van der Waals surface area contributed by atoms with Crippen molar-refractivity contribution in [2.24, 2.45) is 0 Å². The van der Waals surface area contributed by atoms with E-state index in [1.54, 1.807) is 19.1 Å². The quantitative estimate of drug-likeness (QED) is 0.507. The van der Waals surface area contributed by atoms with Gasteiger partial charge in [0.2, 0.25) is 6.79 Å². The maximum atomic E-state index is 9.87. The molecule has 0 aliphatic carbocycles. The summed E-state index contributed by atoms with van der Waals surface area (Å²) >= 11 is 1.40. The molecule has 0 fully saturated rings. The molecule has 0 radical (unpaired) electrons. The van der Waals surface area contributed by atoms with Crippen LogP contribution in [0.4, 0.5) is 0 Å². The van der Waals surface area contributed by atoms with E-state index in [1.807, 2.05) is 35.7 Å². The summed E-state index contributed by atoms with van der Waals surface area (Å²) in [5.74, 6) is 2.03. The van der Waals surface area contributed by atoms with E-state index in [9.17, 15) is 5.11 Å². The molecule has 1 atom stereocenters. The van der Waals surface area contributed by atoms with Crippen LogP contribution in [0.5, 0.6) is 11.5 Å². The highest BCUT2D eigenvalue weighted by atomic mass is 32.1. The lowest BCUT2D eigenvalue weighted by Crippen LogP contribution is -1.92. The number of nitrogens with one attached hydrogen (secondary N) is 1. The van der Waals surface area contributed by atoms with Gasteiger partial charge in [-0.05, 0) is 49.4 Å². The van der Waals surface area contributed by atoms with E-state index < -0.39 is 6.10 Å². The molecule has 7 nitrogen and oxygen atoms in total. The minimum absolute atomic E-state index is 0.201. The normalized spacial score (nSPS) is 13.2. The van der Waals surface area contributed by atoms with Crippen LogP contribution >= 0.6 is 11.3 Å². The Morgan fingerprint density at radius 1 is 1.10 bits per heavy atom. The third-order valence-corrected chi connectivity index (χ3v) is 5.79. The predicted octanol–water partition coefficient (Wildman–Crippen LogP) is 4.52. The Hall–Kier alpha value is -3.67. The fourth-order valence-electron chi connectivity index (χ4n) is 3.25. The maximum absolute atomic E-state index is 9.87. The Balaban J connectivity index is 1.65. The summed E-state index contributed by atoms with van der Waals surface area (Å²) in [7, 11) is 0. The standard InChI is InChI=1S/C22H16N4O3S/c1-12(27)22-24-16(10-30-22)20-19(15-6-7-17-18(8-15)29-11-28-17)25-21(26-20)14-4-2-13(9-23)3-5-14/h2-8,10,12,27H,11H2,1H3,(H,25,26). The zero-order chi connectivity index (χ0) is 20.7. The molecule has 1 unspecified atom stereocenters. The topological polar surface area (TPSA) is 104 Å². The van der Waals surface area contributed by atoms with Crippen LogP contribution in [-0.2, 0) is 0 Å². The minimum Gasteiger partial charge on any atom is -0.454 e. The average molecular weight is 416 g/mol. The maximum Gasteiger partial charge on any atom is 0.231 e. The van der Waals surface area contributed by atoms with E-state index >= 15 is 0 Å². The molecule has 0 amide bonds. The number of imidazole rings is 1. The molecule has 5 rings (SSSR count). The van der Waals surface area contributed by atoms with E-state index in [4.69, 9.17) is 19.7 Å². The zero-order valence-corrected chi connectivity index (χ0v) is 16.7. The van der Waals surface area contributed by atoms with Crippen molar-refractivity contribution in [1.82, 2.24) is 15.0 Å². The first-order valence-electron chi connectivity index (χ1n) is 9.27. The second-order valence-electron chi connectivity index (χ2n) is 6.81. The number of nitrogens with zero attached hydrogens (tertiary/aromatic N) is 3. The first kappa shape index (κ1) is 18.4. The molecule has 8 heteroatoms. The van der Waals surface area contributed by atoms with E-state index in [0.717, 1.165) is 22.5 Å². The zero-order valence-electron chi connectivity index (χ0n) is 15.9. The van der Waals surface area contributed by atoms with E-state index in [2.05, 4.69) is 16.0 Å². The van der Waals surface area contributed by atoms with Crippen molar-refractivity contribution < 1.29 is 14.6 Å². The van der Waals surface area contributed by atoms with Gasteiger partial charge >= 0.3 is 0 Å². The van der Waals surface area contributed by atoms with Crippen LogP contribution in [0.1, 0.15) is 23.6 Å². The highest BCUT2D eigenvalue weighted by Crippen LogP contribution is 2.39. The number of nitriles is 1. The summed E-state index contributed by atoms with van der Waals surface area (Å²) < 4.78 is 10.9. The molecule has 148 valence electrons. The molecule has 1 aliphatic heterocycles. The average Bonchev–Trinajstić information content (AvgIpc) is 3.51. The predicted molar refractivity (Wildman–Crippen MR) is 112 cm³/mol. The van der Waals surface area contributed by atoms with Gasteiger partial charge in [0, 0.05) is 16.5 Å². The number of benzene rings is 2. The number of thiazole rings is 1. The Morgan fingerprint density at radius 2 is 1.87 bits per heavy atom. The smallest absolute Gasteiger partial charge is 0.231 e. The van der Waals surface area contributed by atoms with Gasteiger partial charge in [-0.2, -0.15) is 5.26 Å². The van der Waals surface area contributed by atoms with Gasteiger partial charge in [0.1, 0.15) is 22.6 Å². The lowest BCUT2D eigenvalue weighted by atomic mass is 10.1. The summed E-state index contributed by atoms with van der Waals surface area (Å²) in [6.07, 6.45) is -0.640. The molecule has 0 bridgehead atoms. The summed E-state index contributed by atoms with van der Waals surface area (Å²) in [6.45, 7) is 1.89. The number of ether oxygens (including phenoxy) is 2. The summed E-state index contributed by atoms with van der Waals surface area (Å²) in [6, 6.07) is 15.0. The largest absolute Gasteiger partial charge is 0.454 e. The Kier molecular flexibility index (Phi) is 4.47. The Morgan fingerprint density at radius 3 is 2.60 bits per heavy atom. The van der Waals surface area contributed by atoms with Gasteiger partial charge in [-0.25, -0.2) is 9.97 Å². The fourth-order valence-corrected chi connectivity index (χ4v) is 4.00. The van der Waals surface area contributed by atoms with Gasteiger partial charge in [0.05, 0.1) is 23.0 Å². The van der Waals surface area contributed by atoms with Gasteiger partial charge in [0.15, 0.2) is 11.5 Å². The third-order valence-electron chi connectivity index (χ3n) is 4.77. The number of aliphatic hydroxyl groups is 1. The first-order chi connectivity index (χ1) is 14.6. The van der Waals surface area contributed by atoms with Crippen LogP contribution in [0, 0.1) is 11.3 Å². The van der Waals surface area contributed by atoms with Crippen molar-refractivity contribution >= 4 is 11.3 Å². The van der Waals surface area contributed by atoms with Crippen molar-refractivity contribution in [3.8, 4) is 51.6 Å². The first-order valence-corrected chi connectivity index (χ1v) is 10.1. The fraction of sp³-hybridized carbons (Fsp3) is 0.136. The van der Waals surface area contributed by atoms with Crippen LogP contribution < -0.4 is 9.47 Å². The van der Waals surface area contributed by atoms with Crippen LogP contribution in [0.3, 0.4) is 0 Å². The Labute approximate surface area is 176 Å². The van der Waals surface area contributed by atoms with E-state index in [1.165, 1.54) is 11.3 Å². The second-order valence-corrected chi connectivity index (χ2v) is 7.70. The molecule has 0 spiro atoms. The number of aromatic nitrogens is 3. The van der Waals surface area contributed by atoms with Gasteiger partial charge in [-0.3, -0.25) is 0 Å². The molecular weight excluding hydrogens is 400 g/mol. The SMILES string of the molecule is CC(O)c1nc(-c2[nH]c(-c3ccc(C#N)cc3)nc2-c2ccc3c(c2)OCO3)cs1. The van der Waals surface area contributed by atoms with Gasteiger partial charge < -0.3 is 19.6 Å². The van der Waals surface area contributed by atoms with Crippen LogP contribution in [0.15, 0.2) is 47.8 Å². The van der Waals surface area contributed by atoms with Crippen molar-refractivity contribution in [2.45, 2.75) is 13.0 Å². The Bertz CT molecular complexity index is 1270. The molecule has 4 aromatic rings. The molecule has 2 aromatic carbocycles. The van der Waals surface area contributed by atoms with Crippen LogP contribution in [-0.4, -0.2) is 26.9 Å². The number of aromatic amines is 1. The molecule has 0 saturated heterocycles. The monoisotopic (exact) mass is 416 g/mol. The highest BCUT2D eigenvalue weighted by molar-refractivity contribution is 7.10. The number of rotatable bonds is 4. The molecule has 0 saturated carbocycles. The summed E-state index contributed by atoms with van der Waals surface area (Å²) in [4.78, 5) is 12.8. The van der Waals surface area contributed by atoms with Crippen molar-refractivity contribution in [2.75, 3.05) is 6.79 Å². The molecule has 2 N–H and O–H groups in total. The van der Waals surface area contributed by atoms with Crippen LogP contribution in [0.25, 0.3) is 34.0 Å². The van der Waals surface area contributed by atoms with E-state index in [0.29, 0.717) is 33.6 Å². The summed E-state index contributed by atoms with van der Waals surface area (Å²) in [5, 5.41) is 21.5. The van der Waals surface area contributed by atoms with Gasteiger partial charge in [0.25, 0.3) is 0 Å². The molecule has 3 heterocycles. The second kappa shape index (κ2) is 7.30. The number of aliphatic hydroxyl groups excluding tert-OH is 1. The van der Waals surface area contributed by atoms with Crippen LogP contribution in [0.2, 0.25) is 0 Å². The molecule has 1 aliphatic rings. The lowest BCUT2D eigenvalue weighted by Gasteiger charge is -2.03. The third kappa shape index (κ3) is 3.20. The molecule has 30 heavy (non-hydrogen) atoms. The number of H-pyrrole nitrogens is 1. The minimum atomic E-state index is -0.640. The highest BCUT2D eigenvalue weighted by Gasteiger charge is 2.21. The number of hydrogen-bond donors (Lipinski definition) is 2. The van der Waals surface area contributed by atoms with Gasteiger partial charge in [-0.1, -0.05) is 0 Å². The lowest BCUT2D eigenvalue weighted by molar-refractivity contribution is 0.174.